The molecule has 1 amide bonds. The summed E-state index contributed by atoms with van der Waals surface area (Å²) in [5.74, 6) is -1.15. The van der Waals surface area contributed by atoms with Crippen molar-refractivity contribution in [1.82, 2.24) is 0 Å². The van der Waals surface area contributed by atoms with Crippen molar-refractivity contribution in [2.45, 2.75) is 6.42 Å². The number of nitrogens with one attached hydrogen (secondary N) is 1. The van der Waals surface area contributed by atoms with Gasteiger partial charge >= 0.3 is 5.97 Å². The molecule has 20 heavy (non-hydrogen) atoms. The average molecular weight is 419 g/mol. The number of carbonyl (C=O) groups is 2. The Balaban J connectivity index is 2.15. The first-order valence-corrected chi connectivity index (χ1v) is 7.93. The highest BCUT2D eigenvalue weighted by molar-refractivity contribution is 9.12. The van der Waals surface area contributed by atoms with Crippen LogP contribution in [-0.4, -0.2) is 17.0 Å². The lowest BCUT2D eigenvalue weighted by Gasteiger charge is -2.06. The maximum Gasteiger partial charge on any atom is 0.307 e. The number of anilines is 1. The van der Waals surface area contributed by atoms with E-state index in [4.69, 9.17) is 5.11 Å². The van der Waals surface area contributed by atoms with Gasteiger partial charge in [0.25, 0.3) is 5.91 Å². The molecule has 0 aliphatic carbocycles. The van der Waals surface area contributed by atoms with E-state index in [2.05, 4.69) is 37.2 Å². The molecule has 0 aliphatic rings. The van der Waals surface area contributed by atoms with E-state index in [1.807, 2.05) is 0 Å². The molecule has 0 aliphatic heterocycles. The van der Waals surface area contributed by atoms with Crippen molar-refractivity contribution in [3.05, 3.63) is 49.0 Å². The van der Waals surface area contributed by atoms with Crippen LogP contribution in [0.1, 0.15) is 15.9 Å². The number of hydrogen-bond donors (Lipinski definition) is 2. The highest BCUT2D eigenvalue weighted by Gasteiger charge is 2.14. The van der Waals surface area contributed by atoms with Gasteiger partial charge in [0.05, 0.1) is 19.6 Å². The van der Waals surface area contributed by atoms with Crippen molar-refractivity contribution in [3.8, 4) is 0 Å². The van der Waals surface area contributed by atoms with Crippen molar-refractivity contribution in [2.24, 2.45) is 0 Å². The Morgan fingerprint density at radius 2 is 2.00 bits per heavy atom. The second kappa shape index (κ2) is 6.51. The third kappa shape index (κ3) is 3.91. The Hall–Kier alpha value is -1.18. The minimum Gasteiger partial charge on any atom is -0.481 e. The Kier molecular flexibility index (Phi) is 4.95. The van der Waals surface area contributed by atoms with Crippen LogP contribution < -0.4 is 5.32 Å². The van der Waals surface area contributed by atoms with Crippen LogP contribution in [0.15, 0.2) is 37.9 Å². The number of amides is 1. The smallest absolute Gasteiger partial charge is 0.307 e. The van der Waals surface area contributed by atoms with Gasteiger partial charge in [-0.15, -0.1) is 11.3 Å². The van der Waals surface area contributed by atoms with Crippen molar-refractivity contribution < 1.29 is 14.7 Å². The van der Waals surface area contributed by atoms with Gasteiger partial charge in [-0.05, 0) is 55.6 Å². The minimum absolute atomic E-state index is 0.0720. The highest BCUT2D eigenvalue weighted by Crippen LogP contribution is 2.32. The first-order valence-electron chi connectivity index (χ1n) is 5.52. The molecule has 4 nitrogen and oxygen atoms in total. The van der Waals surface area contributed by atoms with Gasteiger partial charge in [0, 0.05) is 5.69 Å². The van der Waals surface area contributed by atoms with Crippen LogP contribution in [-0.2, 0) is 11.2 Å². The Morgan fingerprint density at radius 1 is 1.25 bits per heavy atom. The second-order valence-electron chi connectivity index (χ2n) is 3.96. The zero-order valence-electron chi connectivity index (χ0n) is 10.0. The molecular weight excluding hydrogens is 410 g/mol. The number of rotatable bonds is 4. The van der Waals surface area contributed by atoms with E-state index < -0.39 is 5.97 Å². The van der Waals surface area contributed by atoms with Gasteiger partial charge in [0.15, 0.2) is 0 Å². The summed E-state index contributed by atoms with van der Waals surface area (Å²) in [5.41, 5.74) is 1.74. The van der Waals surface area contributed by atoms with E-state index in [-0.39, 0.29) is 12.3 Å². The highest BCUT2D eigenvalue weighted by atomic mass is 79.9. The molecule has 0 saturated carbocycles. The fourth-order valence-corrected chi connectivity index (χ4v) is 4.42. The van der Waals surface area contributed by atoms with Gasteiger partial charge in [-0.1, -0.05) is 12.1 Å². The molecular formula is C13H9Br2NO3S. The Bertz CT molecular complexity index is 669. The lowest BCUT2D eigenvalue weighted by Crippen LogP contribution is -2.11. The lowest BCUT2D eigenvalue weighted by atomic mass is 10.1. The van der Waals surface area contributed by atoms with Gasteiger partial charge < -0.3 is 10.4 Å². The summed E-state index contributed by atoms with van der Waals surface area (Å²) >= 11 is 8.06. The standard InChI is InChI=1S/C13H9Br2NO3S/c14-10-6-9(12(15)20-10)13(19)16-8-3-1-2-7(4-8)5-11(17)18/h1-4,6H,5H2,(H,16,19)(H,17,18). The van der Waals surface area contributed by atoms with Crippen LogP contribution in [0.5, 0.6) is 0 Å². The van der Waals surface area contributed by atoms with Gasteiger partial charge in [-0.25, -0.2) is 0 Å². The van der Waals surface area contributed by atoms with Crippen LogP contribution in [0.2, 0.25) is 0 Å². The minimum atomic E-state index is -0.905. The van der Waals surface area contributed by atoms with Gasteiger partial charge in [-0.2, -0.15) is 0 Å². The topological polar surface area (TPSA) is 66.4 Å². The van der Waals surface area contributed by atoms with Crippen molar-refractivity contribution in [2.75, 3.05) is 5.32 Å². The number of benzene rings is 1. The van der Waals surface area contributed by atoms with Crippen LogP contribution in [0.3, 0.4) is 0 Å². The maximum atomic E-state index is 12.1. The van der Waals surface area contributed by atoms with E-state index in [1.165, 1.54) is 11.3 Å². The number of carboxylic acid groups (broad SMARTS) is 1. The van der Waals surface area contributed by atoms with E-state index in [1.54, 1.807) is 30.3 Å². The monoisotopic (exact) mass is 417 g/mol. The number of thiophene rings is 1. The average Bonchev–Trinajstić information content (AvgIpc) is 2.68. The summed E-state index contributed by atoms with van der Waals surface area (Å²) in [6.07, 6.45) is -0.0720. The van der Waals surface area contributed by atoms with Crippen LogP contribution in [0.4, 0.5) is 5.69 Å². The molecule has 0 saturated heterocycles. The Morgan fingerprint density at radius 3 is 2.60 bits per heavy atom. The maximum absolute atomic E-state index is 12.1. The summed E-state index contributed by atoms with van der Waals surface area (Å²) in [7, 11) is 0. The first-order chi connectivity index (χ1) is 9.45. The van der Waals surface area contributed by atoms with E-state index in [9.17, 15) is 9.59 Å². The molecule has 104 valence electrons. The fourth-order valence-electron chi connectivity index (χ4n) is 1.63. The largest absolute Gasteiger partial charge is 0.481 e. The summed E-state index contributed by atoms with van der Waals surface area (Å²) < 4.78 is 1.60. The predicted octanol–water partition coefficient (Wildman–Crippen LogP) is 4.15. The zero-order valence-corrected chi connectivity index (χ0v) is 14.0. The predicted molar refractivity (Wildman–Crippen MR) is 85.5 cm³/mol. The summed E-state index contributed by atoms with van der Waals surface area (Å²) in [5, 5.41) is 11.5. The number of hydrogen-bond acceptors (Lipinski definition) is 3. The number of carbonyl (C=O) groups excluding carboxylic acids is 1. The SMILES string of the molecule is O=C(O)Cc1cccc(NC(=O)c2cc(Br)sc2Br)c1. The van der Waals surface area contributed by atoms with E-state index in [0.717, 1.165) is 7.57 Å². The Labute approximate surface area is 136 Å². The number of carboxylic acids is 1. The normalized spacial score (nSPS) is 10.3. The molecule has 0 unspecified atom stereocenters. The summed E-state index contributed by atoms with van der Waals surface area (Å²) in [4.78, 5) is 22.8. The van der Waals surface area contributed by atoms with Crippen LogP contribution >= 0.6 is 43.2 Å². The number of aliphatic carboxylic acids is 1. The van der Waals surface area contributed by atoms with Crippen LogP contribution in [0.25, 0.3) is 0 Å². The van der Waals surface area contributed by atoms with Crippen molar-refractivity contribution in [1.29, 1.82) is 0 Å². The van der Waals surface area contributed by atoms with Gasteiger partial charge in [0.1, 0.15) is 0 Å². The molecule has 7 heteroatoms. The summed E-state index contributed by atoms with van der Waals surface area (Å²) in [6, 6.07) is 8.53. The van der Waals surface area contributed by atoms with Crippen LogP contribution in [0, 0.1) is 0 Å². The second-order valence-corrected chi connectivity index (χ2v) is 7.71. The molecule has 1 heterocycles. The lowest BCUT2D eigenvalue weighted by molar-refractivity contribution is -0.136. The molecule has 2 N–H and O–H groups in total. The molecule has 2 rings (SSSR count). The molecule has 2 aromatic rings. The van der Waals surface area contributed by atoms with E-state index in [0.29, 0.717) is 16.8 Å². The van der Waals surface area contributed by atoms with Gasteiger partial charge in [-0.3, -0.25) is 9.59 Å². The summed E-state index contributed by atoms with van der Waals surface area (Å²) in [6.45, 7) is 0. The third-order valence-corrected chi connectivity index (χ3v) is 4.78. The molecule has 1 aromatic heterocycles. The number of halogens is 2. The fraction of sp³-hybridized carbons (Fsp3) is 0.0769. The molecule has 0 atom stereocenters. The third-order valence-electron chi connectivity index (χ3n) is 2.44. The van der Waals surface area contributed by atoms with E-state index >= 15 is 0 Å². The molecule has 0 fully saturated rings. The van der Waals surface area contributed by atoms with Crippen molar-refractivity contribution in [3.63, 3.8) is 0 Å². The van der Waals surface area contributed by atoms with Gasteiger partial charge in [0.2, 0.25) is 0 Å². The van der Waals surface area contributed by atoms with Crippen molar-refractivity contribution >= 4 is 60.8 Å². The zero-order chi connectivity index (χ0) is 14.7. The molecule has 0 spiro atoms. The molecule has 0 bridgehead atoms. The quantitative estimate of drug-likeness (QED) is 0.783. The molecule has 0 radical (unpaired) electrons. The molecule has 1 aromatic carbocycles. The first kappa shape index (κ1) is 15.2.